The molecule has 1 amide bonds. The summed E-state index contributed by atoms with van der Waals surface area (Å²) in [4.78, 5) is 18.0. The van der Waals surface area contributed by atoms with E-state index in [0.717, 1.165) is 25.5 Å². The monoisotopic (exact) mass is 265 g/mol. The Labute approximate surface area is 112 Å². The maximum atomic E-state index is 12.8. The molecule has 2 rings (SSSR count). The van der Waals surface area contributed by atoms with Gasteiger partial charge >= 0.3 is 0 Å². The van der Waals surface area contributed by atoms with Gasteiger partial charge in [0.25, 0.3) is 5.91 Å². The predicted molar refractivity (Wildman–Crippen MR) is 71.1 cm³/mol. The summed E-state index contributed by atoms with van der Waals surface area (Å²) >= 11 is 0. The quantitative estimate of drug-likeness (QED) is 0.906. The summed E-state index contributed by atoms with van der Waals surface area (Å²) in [7, 11) is 0. The van der Waals surface area contributed by atoms with Crippen LogP contribution in [0.1, 0.15) is 36.7 Å². The Balaban J connectivity index is 2.11. The molecule has 2 N–H and O–H groups in total. The van der Waals surface area contributed by atoms with Crippen molar-refractivity contribution in [1.29, 1.82) is 0 Å². The second-order valence-electron chi connectivity index (χ2n) is 5.05. The number of pyridine rings is 1. The highest BCUT2D eigenvalue weighted by atomic mass is 19.1. The van der Waals surface area contributed by atoms with Crippen LogP contribution in [0.3, 0.4) is 0 Å². The number of piperidine rings is 1. The Bertz CT molecular complexity index is 435. The fourth-order valence-corrected chi connectivity index (χ4v) is 2.65. The number of halogens is 1. The molecule has 0 aliphatic carbocycles. The van der Waals surface area contributed by atoms with E-state index in [1.54, 1.807) is 4.90 Å². The molecular weight excluding hydrogens is 245 g/mol. The van der Waals surface area contributed by atoms with Gasteiger partial charge in [0.15, 0.2) is 0 Å². The molecule has 0 radical (unpaired) electrons. The lowest BCUT2D eigenvalue weighted by molar-refractivity contribution is 0.0552. The third-order valence-electron chi connectivity index (χ3n) is 3.88. The number of aromatic nitrogens is 1. The van der Waals surface area contributed by atoms with Gasteiger partial charge in [-0.3, -0.25) is 4.79 Å². The van der Waals surface area contributed by atoms with Gasteiger partial charge < -0.3 is 10.6 Å². The van der Waals surface area contributed by atoms with E-state index in [9.17, 15) is 9.18 Å². The zero-order chi connectivity index (χ0) is 13.8. The van der Waals surface area contributed by atoms with Crippen LogP contribution >= 0.6 is 0 Å². The van der Waals surface area contributed by atoms with Gasteiger partial charge in [-0.05, 0) is 30.9 Å². The summed E-state index contributed by atoms with van der Waals surface area (Å²) in [5.74, 6) is 0.0559. The lowest BCUT2D eigenvalue weighted by Gasteiger charge is -2.38. The van der Waals surface area contributed by atoms with Crippen molar-refractivity contribution in [3.63, 3.8) is 0 Å². The molecule has 5 heteroatoms. The Morgan fingerprint density at radius 2 is 2.37 bits per heavy atom. The number of hydrogen-bond donors (Lipinski definition) is 1. The number of likely N-dealkylation sites (tertiary alicyclic amines) is 1. The van der Waals surface area contributed by atoms with E-state index in [0.29, 0.717) is 19.0 Å². The average molecular weight is 265 g/mol. The molecule has 1 aliphatic rings. The summed E-state index contributed by atoms with van der Waals surface area (Å²) < 4.78 is 12.8. The van der Waals surface area contributed by atoms with Crippen molar-refractivity contribution in [1.82, 2.24) is 9.88 Å². The maximum absolute atomic E-state index is 12.8. The van der Waals surface area contributed by atoms with Gasteiger partial charge in [-0.15, -0.1) is 0 Å². The maximum Gasteiger partial charge on any atom is 0.272 e. The summed E-state index contributed by atoms with van der Waals surface area (Å²) in [5, 5.41) is 0. The molecule has 1 aromatic rings. The van der Waals surface area contributed by atoms with Gasteiger partial charge in [-0.1, -0.05) is 13.3 Å². The molecular formula is C14H20FN3O. The van der Waals surface area contributed by atoms with E-state index < -0.39 is 5.82 Å². The van der Waals surface area contributed by atoms with Gasteiger partial charge in [0, 0.05) is 19.1 Å². The van der Waals surface area contributed by atoms with Crippen LogP contribution in [0.15, 0.2) is 18.3 Å². The van der Waals surface area contributed by atoms with E-state index in [-0.39, 0.29) is 17.6 Å². The molecule has 0 saturated carbocycles. The molecule has 2 unspecified atom stereocenters. The van der Waals surface area contributed by atoms with Crippen molar-refractivity contribution in [2.45, 2.75) is 32.2 Å². The minimum atomic E-state index is -0.434. The lowest BCUT2D eigenvalue weighted by atomic mass is 9.88. The van der Waals surface area contributed by atoms with Crippen LogP contribution in [0.25, 0.3) is 0 Å². The number of amides is 1. The summed E-state index contributed by atoms with van der Waals surface area (Å²) in [5.41, 5.74) is 6.06. The summed E-state index contributed by atoms with van der Waals surface area (Å²) in [6.07, 6.45) is 4.14. The second-order valence-corrected chi connectivity index (χ2v) is 5.05. The lowest BCUT2D eigenvalue weighted by Crippen LogP contribution is -2.49. The number of rotatable bonds is 3. The van der Waals surface area contributed by atoms with E-state index in [1.165, 1.54) is 12.1 Å². The highest BCUT2D eigenvalue weighted by molar-refractivity contribution is 5.92. The molecule has 1 aromatic heterocycles. The van der Waals surface area contributed by atoms with Gasteiger partial charge in [-0.2, -0.15) is 0 Å². The van der Waals surface area contributed by atoms with Crippen LogP contribution in [0.2, 0.25) is 0 Å². The fraction of sp³-hybridized carbons (Fsp3) is 0.571. The average Bonchev–Trinajstić information content (AvgIpc) is 2.46. The molecule has 104 valence electrons. The van der Waals surface area contributed by atoms with E-state index in [1.807, 2.05) is 0 Å². The van der Waals surface area contributed by atoms with Crippen molar-refractivity contribution in [2.75, 3.05) is 13.1 Å². The molecule has 2 atom stereocenters. The molecule has 1 aliphatic heterocycles. The normalized spacial score (nSPS) is 23.4. The largest absolute Gasteiger partial charge is 0.333 e. The first-order valence-electron chi connectivity index (χ1n) is 6.78. The van der Waals surface area contributed by atoms with Crippen molar-refractivity contribution >= 4 is 5.91 Å². The van der Waals surface area contributed by atoms with Crippen LogP contribution in [0.5, 0.6) is 0 Å². The molecule has 1 fully saturated rings. The molecule has 0 aromatic carbocycles. The van der Waals surface area contributed by atoms with Gasteiger partial charge in [0.2, 0.25) is 0 Å². The smallest absolute Gasteiger partial charge is 0.272 e. The zero-order valence-electron chi connectivity index (χ0n) is 11.2. The van der Waals surface area contributed by atoms with E-state index >= 15 is 0 Å². The van der Waals surface area contributed by atoms with Gasteiger partial charge in [-0.25, -0.2) is 9.37 Å². The Morgan fingerprint density at radius 3 is 2.95 bits per heavy atom. The molecule has 2 heterocycles. The van der Waals surface area contributed by atoms with Crippen molar-refractivity contribution in [3.05, 3.63) is 29.8 Å². The standard InChI is InChI=1S/C14H20FN3O/c1-2-10-5-6-18(12(7-10)8-16)14(19)13-4-3-11(15)9-17-13/h3-4,9-10,12H,2,5-8,16H2,1H3. The number of nitrogens with zero attached hydrogens (tertiary/aromatic N) is 2. The van der Waals surface area contributed by atoms with Crippen molar-refractivity contribution in [2.24, 2.45) is 11.7 Å². The minimum absolute atomic E-state index is 0.0676. The van der Waals surface area contributed by atoms with Gasteiger partial charge in [0.05, 0.1) is 6.20 Å². The second kappa shape index (κ2) is 6.10. The van der Waals surface area contributed by atoms with Crippen LogP contribution in [-0.2, 0) is 0 Å². The number of carbonyl (C=O) groups excluding carboxylic acids is 1. The van der Waals surface area contributed by atoms with Crippen molar-refractivity contribution < 1.29 is 9.18 Å². The van der Waals surface area contributed by atoms with Crippen molar-refractivity contribution in [3.8, 4) is 0 Å². The molecule has 1 saturated heterocycles. The van der Waals surface area contributed by atoms with Crippen LogP contribution < -0.4 is 5.73 Å². The van der Waals surface area contributed by atoms with E-state index in [4.69, 9.17) is 5.73 Å². The summed E-state index contributed by atoms with van der Waals surface area (Å²) in [6, 6.07) is 2.76. The van der Waals surface area contributed by atoms with Crippen LogP contribution in [0, 0.1) is 11.7 Å². The first kappa shape index (κ1) is 13.9. The third-order valence-corrected chi connectivity index (χ3v) is 3.88. The van der Waals surface area contributed by atoms with Crippen LogP contribution in [0.4, 0.5) is 4.39 Å². The summed E-state index contributed by atoms with van der Waals surface area (Å²) in [6.45, 7) is 3.33. The third kappa shape index (κ3) is 3.10. The highest BCUT2D eigenvalue weighted by Gasteiger charge is 2.30. The Morgan fingerprint density at radius 1 is 1.58 bits per heavy atom. The first-order valence-corrected chi connectivity index (χ1v) is 6.78. The van der Waals surface area contributed by atoms with Crippen LogP contribution in [-0.4, -0.2) is 34.9 Å². The highest BCUT2D eigenvalue weighted by Crippen LogP contribution is 2.25. The van der Waals surface area contributed by atoms with E-state index in [2.05, 4.69) is 11.9 Å². The Hall–Kier alpha value is -1.49. The van der Waals surface area contributed by atoms with Gasteiger partial charge in [0.1, 0.15) is 11.5 Å². The zero-order valence-corrected chi connectivity index (χ0v) is 11.2. The molecule has 4 nitrogen and oxygen atoms in total. The molecule has 0 bridgehead atoms. The predicted octanol–water partition coefficient (Wildman–Crippen LogP) is 1.81. The first-order chi connectivity index (χ1) is 9.15. The number of carbonyl (C=O) groups is 1. The number of hydrogen-bond acceptors (Lipinski definition) is 3. The number of nitrogens with two attached hydrogens (primary N) is 1. The fourth-order valence-electron chi connectivity index (χ4n) is 2.65. The minimum Gasteiger partial charge on any atom is -0.333 e. The topological polar surface area (TPSA) is 59.2 Å². The molecule has 0 spiro atoms. The molecule has 19 heavy (non-hydrogen) atoms. The SMILES string of the molecule is CCC1CCN(C(=O)c2ccc(F)cn2)C(CN)C1. The Kier molecular flexibility index (Phi) is 4.47.